The second kappa shape index (κ2) is 7.92. The van der Waals surface area contributed by atoms with Crippen LogP contribution in [0.2, 0.25) is 0 Å². The molecule has 4 heterocycles. The van der Waals surface area contributed by atoms with Crippen LogP contribution in [0.1, 0.15) is 35.7 Å². The molecule has 0 unspecified atom stereocenters. The summed E-state index contributed by atoms with van der Waals surface area (Å²) in [6, 6.07) is 14.9. The third-order valence-electron chi connectivity index (χ3n) is 7.22. The van der Waals surface area contributed by atoms with Crippen molar-refractivity contribution >= 4 is 22.7 Å². The second-order valence-corrected chi connectivity index (χ2v) is 9.08. The van der Waals surface area contributed by atoms with E-state index in [9.17, 15) is 9.59 Å². The molecule has 0 aliphatic carbocycles. The minimum atomic E-state index is -0.547. The molecule has 33 heavy (non-hydrogen) atoms. The smallest absolute Gasteiger partial charge is 0.246 e. The van der Waals surface area contributed by atoms with Crippen LogP contribution in [0, 0.1) is 0 Å². The molecule has 0 bridgehead atoms. The first kappa shape index (κ1) is 20.3. The summed E-state index contributed by atoms with van der Waals surface area (Å²) in [5.41, 5.74) is 3.96. The van der Waals surface area contributed by atoms with E-state index in [4.69, 9.17) is 9.47 Å². The molecule has 1 N–H and O–H groups in total. The molecule has 2 amide bonds. The molecule has 3 aromatic rings. The number of aromatic amines is 1. The quantitative estimate of drug-likeness (QED) is 0.670. The van der Waals surface area contributed by atoms with Gasteiger partial charge in [-0.3, -0.25) is 9.59 Å². The number of amides is 2. The van der Waals surface area contributed by atoms with Gasteiger partial charge in [-0.05, 0) is 30.5 Å². The van der Waals surface area contributed by atoms with Gasteiger partial charge in [-0.1, -0.05) is 36.4 Å². The molecule has 2 saturated heterocycles. The molecule has 1 aromatic heterocycles. The van der Waals surface area contributed by atoms with Gasteiger partial charge >= 0.3 is 0 Å². The van der Waals surface area contributed by atoms with Gasteiger partial charge in [-0.2, -0.15) is 0 Å². The highest BCUT2D eigenvalue weighted by Gasteiger charge is 2.49. The Labute approximate surface area is 192 Å². The summed E-state index contributed by atoms with van der Waals surface area (Å²) < 4.78 is 11.4. The lowest BCUT2D eigenvalue weighted by molar-refractivity contribution is -0.160. The number of nitrogens with zero attached hydrogens (tertiary/aromatic N) is 2. The monoisotopic (exact) mass is 445 g/mol. The Bertz CT molecular complexity index is 1230. The Balaban J connectivity index is 1.48. The number of carbonyl (C=O) groups is 2. The van der Waals surface area contributed by atoms with Crippen molar-refractivity contribution in [2.24, 2.45) is 0 Å². The van der Waals surface area contributed by atoms with Gasteiger partial charge in [0.05, 0.1) is 19.8 Å². The maximum Gasteiger partial charge on any atom is 0.246 e. The normalized spacial score (nSPS) is 24.8. The molecule has 0 radical (unpaired) electrons. The summed E-state index contributed by atoms with van der Waals surface area (Å²) in [5.74, 6) is 0.661. The molecule has 2 aromatic carbocycles. The van der Waals surface area contributed by atoms with Gasteiger partial charge in [0.15, 0.2) is 0 Å². The summed E-state index contributed by atoms with van der Waals surface area (Å²) in [5, 5.41) is 1.10. The van der Waals surface area contributed by atoms with Gasteiger partial charge in [0.2, 0.25) is 11.8 Å². The zero-order valence-electron chi connectivity index (χ0n) is 18.6. The Morgan fingerprint density at radius 3 is 2.76 bits per heavy atom. The number of methoxy groups -OCH3 is 1. The van der Waals surface area contributed by atoms with E-state index in [0.29, 0.717) is 18.7 Å². The fourth-order valence-corrected chi connectivity index (χ4v) is 5.73. The Hall–Kier alpha value is -3.32. The fourth-order valence-electron chi connectivity index (χ4n) is 5.73. The van der Waals surface area contributed by atoms with Gasteiger partial charge in [0.25, 0.3) is 0 Å². The largest absolute Gasteiger partial charge is 0.496 e. The van der Waals surface area contributed by atoms with Crippen LogP contribution < -0.4 is 4.74 Å². The molecule has 7 heteroatoms. The van der Waals surface area contributed by atoms with Crippen molar-refractivity contribution in [1.29, 1.82) is 0 Å². The van der Waals surface area contributed by atoms with Crippen LogP contribution in [0.25, 0.3) is 10.9 Å². The lowest BCUT2D eigenvalue weighted by Crippen LogP contribution is -2.63. The topological polar surface area (TPSA) is 74.9 Å². The van der Waals surface area contributed by atoms with E-state index in [1.165, 1.54) is 0 Å². The maximum atomic E-state index is 13.7. The fraction of sp³-hybridized carbons (Fsp3) is 0.385. The lowest BCUT2D eigenvalue weighted by atomic mass is 9.86. The molecule has 2 fully saturated rings. The lowest BCUT2D eigenvalue weighted by Gasteiger charge is -2.47. The molecule has 6 rings (SSSR count). The number of piperazine rings is 1. The summed E-state index contributed by atoms with van der Waals surface area (Å²) in [7, 11) is 1.64. The summed E-state index contributed by atoms with van der Waals surface area (Å²) >= 11 is 0. The van der Waals surface area contributed by atoms with Crippen LogP contribution in [0.5, 0.6) is 5.75 Å². The molecule has 3 aliphatic rings. The number of H-pyrrole nitrogens is 1. The summed E-state index contributed by atoms with van der Waals surface area (Å²) in [4.78, 5) is 34.4. The molecule has 0 saturated carbocycles. The van der Waals surface area contributed by atoms with Crippen molar-refractivity contribution in [3.05, 3.63) is 65.4 Å². The number of para-hydroxylation sites is 2. The van der Waals surface area contributed by atoms with E-state index in [1.54, 1.807) is 16.9 Å². The van der Waals surface area contributed by atoms with Crippen LogP contribution in [0.15, 0.2) is 48.5 Å². The highest BCUT2D eigenvalue weighted by atomic mass is 16.5. The van der Waals surface area contributed by atoms with E-state index in [2.05, 4.69) is 11.1 Å². The van der Waals surface area contributed by atoms with E-state index in [0.717, 1.165) is 47.2 Å². The third kappa shape index (κ3) is 3.22. The minimum Gasteiger partial charge on any atom is -0.496 e. The van der Waals surface area contributed by atoms with Crippen LogP contribution in [0.3, 0.4) is 0 Å². The Morgan fingerprint density at radius 2 is 1.94 bits per heavy atom. The first-order valence-corrected chi connectivity index (χ1v) is 11.6. The zero-order valence-corrected chi connectivity index (χ0v) is 18.6. The van der Waals surface area contributed by atoms with Crippen molar-refractivity contribution in [1.82, 2.24) is 14.8 Å². The third-order valence-corrected chi connectivity index (χ3v) is 7.22. The highest BCUT2D eigenvalue weighted by Crippen LogP contribution is 2.44. The molecule has 7 nitrogen and oxygen atoms in total. The molecule has 3 aliphatic heterocycles. The Kier molecular flexibility index (Phi) is 4.87. The molecular formula is C26H27N3O4. The number of ether oxygens (including phenoxy) is 2. The number of benzene rings is 2. The van der Waals surface area contributed by atoms with Crippen LogP contribution in [0.4, 0.5) is 0 Å². The van der Waals surface area contributed by atoms with Gasteiger partial charge in [0.1, 0.15) is 17.8 Å². The van der Waals surface area contributed by atoms with Gasteiger partial charge in [-0.15, -0.1) is 0 Å². The second-order valence-electron chi connectivity index (χ2n) is 9.08. The highest BCUT2D eigenvalue weighted by molar-refractivity contribution is 5.97. The first-order valence-electron chi connectivity index (χ1n) is 11.6. The van der Waals surface area contributed by atoms with Crippen LogP contribution in [-0.4, -0.2) is 65.6 Å². The number of hydrogen-bond donors (Lipinski definition) is 1. The number of carbonyl (C=O) groups excluding carboxylic acids is 2. The number of nitrogens with one attached hydrogen (secondary N) is 1. The SMILES string of the molecule is COc1ccccc1[C@@H]1c2[nH]c3ccccc3c2C[C@H]2C(=O)N(C[C@@H]3CCCO3)CC(=O)N12. The first-order chi connectivity index (χ1) is 16.2. The van der Waals surface area contributed by atoms with Crippen molar-refractivity contribution in [3.63, 3.8) is 0 Å². The molecule has 0 spiro atoms. The van der Waals surface area contributed by atoms with Gasteiger partial charge in [-0.25, -0.2) is 0 Å². The van der Waals surface area contributed by atoms with Crippen molar-refractivity contribution in [2.75, 3.05) is 26.8 Å². The molecule has 170 valence electrons. The van der Waals surface area contributed by atoms with Crippen molar-refractivity contribution < 1.29 is 19.1 Å². The van der Waals surface area contributed by atoms with Crippen molar-refractivity contribution in [2.45, 2.75) is 37.5 Å². The summed E-state index contributed by atoms with van der Waals surface area (Å²) in [6.45, 7) is 1.29. The van der Waals surface area contributed by atoms with E-state index < -0.39 is 12.1 Å². The van der Waals surface area contributed by atoms with E-state index in [-0.39, 0.29) is 24.5 Å². The summed E-state index contributed by atoms with van der Waals surface area (Å²) in [6.07, 6.45) is 2.45. The standard InChI is InChI=1S/C26H27N3O4/c1-32-22-11-5-3-9-18(22)25-24-19(17-8-2-4-10-20(17)27-24)13-21-26(31)28(15-23(30)29(21)25)14-16-7-6-12-33-16/h2-5,8-11,16,21,25,27H,6-7,12-15H2,1H3/t16-,21-,25+/m0/s1. The number of aromatic nitrogens is 1. The maximum absolute atomic E-state index is 13.7. The van der Waals surface area contributed by atoms with Gasteiger partial charge in [0, 0.05) is 41.7 Å². The van der Waals surface area contributed by atoms with Crippen molar-refractivity contribution in [3.8, 4) is 5.75 Å². The van der Waals surface area contributed by atoms with Crippen LogP contribution in [-0.2, 0) is 20.7 Å². The van der Waals surface area contributed by atoms with E-state index in [1.807, 2.05) is 42.5 Å². The number of hydrogen-bond acceptors (Lipinski definition) is 4. The predicted molar refractivity (Wildman–Crippen MR) is 123 cm³/mol. The number of rotatable bonds is 4. The molecule has 3 atom stereocenters. The Morgan fingerprint density at radius 1 is 1.12 bits per heavy atom. The molecular weight excluding hydrogens is 418 g/mol. The average Bonchev–Trinajstić information content (AvgIpc) is 3.48. The predicted octanol–water partition coefficient (Wildman–Crippen LogP) is 3.04. The number of fused-ring (bicyclic) bond motifs is 4. The zero-order chi connectivity index (χ0) is 22.5. The average molecular weight is 446 g/mol. The van der Waals surface area contributed by atoms with Gasteiger partial charge < -0.3 is 24.3 Å². The van der Waals surface area contributed by atoms with E-state index >= 15 is 0 Å². The van der Waals surface area contributed by atoms with Crippen LogP contribution >= 0.6 is 0 Å². The minimum absolute atomic E-state index is 0.000860.